The molecule has 1 aromatic carbocycles. The van der Waals surface area contributed by atoms with E-state index in [9.17, 15) is 9.18 Å². The number of rotatable bonds is 4. The first-order chi connectivity index (χ1) is 14.0. The van der Waals surface area contributed by atoms with Crippen LogP contribution in [0.5, 0.6) is 0 Å². The Bertz CT molecular complexity index is 1060. The lowest BCUT2D eigenvalue weighted by molar-refractivity contribution is 0.0631. The number of nitrogens with zero attached hydrogens (tertiary/aromatic N) is 4. The lowest BCUT2D eigenvalue weighted by Crippen LogP contribution is -2.48. The van der Waals surface area contributed by atoms with Crippen LogP contribution in [0.2, 0.25) is 0 Å². The Morgan fingerprint density at radius 3 is 2.55 bits per heavy atom. The molecule has 1 saturated heterocycles. The lowest BCUT2D eigenvalue weighted by atomic mass is 10.1. The van der Waals surface area contributed by atoms with Gasteiger partial charge in [0.1, 0.15) is 16.5 Å². The van der Waals surface area contributed by atoms with Crippen molar-refractivity contribution in [2.24, 2.45) is 0 Å². The summed E-state index contributed by atoms with van der Waals surface area (Å²) in [6, 6.07) is 6.88. The molecule has 2 aromatic heterocycles. The summed E-state index contributed by atoms with van der Waals surface area (Å²) in [4.78, 5) is 28.1. The predicted octanol–water partition coefficient (Wildman–Crippen LogP) is 3.97. The van der Waals surface area contributed by atoms with Crippen LogP contribution in [0.15, 0.2) is 24.3 Å². The van der Waals surface area contributed by atoms with E-state index in [-0.39, 0.29) is 11.7 Å². The van der Waals surface area contributed by atoms with Crippen LogP contribution in [0.3, 0.4) is 0 Å². The van der Waals surface area contributed by atoms with Crippen molar-refractivity contribution in [3.05, 3.63) is 57.6 Å². The topological polar surface area (TPSA) is 49.3 Å². The highest BCUT2D eigenvalue weighted by molar-refractivity contribution is 7.20. The zero-order valence-electron chi connectivity index (χ0n) is 17.0. The van der Waals surface area contributed by atoms with E-state index in [0.717, 1.165) is 51.7 Å². The summed E-state index contributed by atoms with van der Waals surface area (Å²) in [5, 5.41) is 1.01. The van der Waals surface area contributed by atoms with E-state index in [2.05, 4.69) is 14.9 Å². The van der Waals surface area contributed by atoms with E-state index in [1.54, 1.807) is 6.07 Å². The van der Waals surface area contributed by atoms with Crippen LogP contribution < -0.4 is 0 Å². The van der Waals surface area contributed by atoms with E-state index in [4.69, 9.17) is 0 Å². The second kappa shape index (κ2) is 8.16. The van der Waals surface area contributed by atoms with Gasteiger partial charge >= 0.3 is 0 Å². The first-order valence-corrected chi connectivity index (χ1v) is 10.8. The minimum absolute atomic E-state index is 0.0634. The van der Waals surface area contributed by atoms with Gasteiger partial charge in [-0.05, 0) is 25.5 Å². The van der Waals surface area contributed by atoms with Crippen molar-refractivity contribution < 1.29 is 9.18 Å². The third kappa shape index (κ3) is 3.89. The van der Waals surface area contributed by atoms with E-state index in [1.165, 1.54) is 17.4 Å². The molecule has 0 atom stereocenters. The highest BCUT2D eigenvalue weighted by atomic mass is 32.1. The van der Waals surface area contributed by atoms with Gasteiger partial charge in [0.05, 0.1) is 4.88 Å². The summed E-state index contributed by atoms with van der Waals surface area (Å²) in [7, 11) is 0. The Morgan fingerprint density at radius 2 is 1.86 bits per heavy atom. The van der Waals surface area contributed by atoms with E-state index < -0.39 is 0 Å². The highest BCUT2D eigenvalue weighted by Crippen LogP contribution is 2.32. The quantitative estimate of drug-likeness (QED) is 0.651. The molecule has 0 spiro atoms. The van der Waals surface area contributed by atoms with Crippen molar-refractivity contribution >= 4 is 27.5 Å². The zero-order valence-corrected chi connectivity index (χ0v) is 17.9. The molecule has 1 aliphatic rings. The number of benzene rings is 1. The van der Waals surface area contributed by atoms with Gasteiger partial charge in [0, 0.05) is 55.8 Å². The summed E-state index contributed by atoms with van der Waals surface area (Å²) in [5.74, 6) is 0.709. The van der Waals surface area contributed by atoms with Gasteiger partial charge in [0.2, 0.25) is 0 Å². The predicted molar refractivity (Wildman–Crippen MR) is 114 cm³/mol. The molecular formula is C22H25FN4OS. The molecule has 0 bridgehead atoms. The first kappa shape index (κ1) is 19.9. The maximum atomic E-state index is 13.9. The van der Waals surface area contributed by atoms with Gasteiger partial charge in [-0.1, -0.05) is 25.1 Å². The Labute approximate surface area is 174 Å². The molecule has 7 heteroatoms. The number of thiophene rings is 1. The van der Waals surface area contributed by atoms with E-state index in [1.807, 2.05) is 37.8 Å². The molecule has 152 valence electrons. The lowest BCUT2D eigenvalue weighted by Gasteiger charge is -2.34. The van der Waals surface area contributed by atoms with E-state index in [0.29, 0.717) is 25.2 Å². The maximum Gasteiger partial charge on any atom is 0.264 e. The molecule has 1 aliphatic heterocycles. The van der Waals surface area contributed by atoms with Crippen LogP contribution in [-0.2, 0) is 13.0 Å². The molecule has 29 heavy (non-hydrogen) atoms. The van der Waals surface area contributed by atoms with Gasteiger partial charge in [-0.15, -0.1) is 11.3 Å². The van der Waals surface area contributed by atoms with Crippen molar-refractivity contribution in [3.8, 4) is 0 Å². The fourth-order valence-electron chi connectivity index (χ4n) is 3.88. The molecule has 3 heterocycles. The molecule has 4 rings (SSSR count). The van der Waals surface area contributed by atoms with Crippen LogP contribution in [-0.4, -0.2) is 51.9 Å². The Morgan fingerprint density at radius 1 is 1.14 bits per heavy atom. The molecule has 0 N–H and O–H groups in total. The van der Waals surface area contributed by atoms with Gasteiger partial charge in [-0.2, -0.15) is 0 Å². The zero-order chi connectivity index (χ0) is 20.5. The summed E-state index contributed by atoms with van der Waals surface area (Å²) in [6.07, 6.45) is 0.779. The van der Waals surface area contributed by atoms with Crippen LogP contribution in [0.1, 0.15) is 39.2 Å². The second-order valence-electron chi connectivity index (χ2n) is 7.47. The molecule has 5 nitrogen and oxygen atoms in total. The Hall–Kier alpha value is -2.38. The highest BCUT2D eigenvalue weighted by Gasteiger charge is 2.26. The average molecular weight is 413 g/mol. The van der Waals surface area contributed by atoms with Gasteiger partial charge in [-0.25, -0.2) is 14.4 Å². The van der Waals surface area contributed by atoms with Crippen LogP contribution >= 0.6 is 11.3 Å². The largest absolute Gasteiger partial charge is 0.335 e. The van der Waals surface area contributed by atoms with Crippen molar-refractivity contribution in [1.29, 1.82) is 0 Å². The molecule has 0 unspecified atom stereocenters. The molecule has 0 saturated carbocycles. The molecule has 1 fully saturated rings. The molecule has 1 amide bonds. The van der Waals surface area contributed by atoms with Crippen LogP contribution in [0.25, 0.3) is 10.2 Å². The first-order valence-electron chi connectivity index (χ1n) is 9.99. The number of hydrogen-bond acceptors (Lipinski definition) is 5. The van der Waals surface area contributed by atoms with Crippen molar-refractivity contribution in [2.45, 2.75) is 33.7 Å². The van der Waals surface area contributed by atoms with Crippen molar-refractivity contribution in [2.75, 3.05) is 26.2 Å². The Balaban J connectivity index is 1.48. The number of aryl methyl sites for hydroxylation is 3. The summed E-state index contributed by atoms with van der Waals surface area (Å²) in [6.45, 7) is 9.35. The number of halogens is 1. The smallest absolute Gasteiger partial charge is 0.264 e. The number of piperazine rings is 1. The van der Waals surface area contributed by atoms with Gasteiger partial charge in [0.25, 0.3) is 5.91 Å². The molecular weight excluding hydrogens is 387 g/mol. The maximum absolute atomic E-state index is 13.9. The van der Waals surface area contributed by atoms with Crippen molar-refractivity contribution in [3.63, 3.8) is 0 Å². The number of carbonyl (C=O) groups excluding carboxylic acids is 1. The number of hydrogen-bond donors (Lipinski definition) is 0. The normalized spacial score (nSPS) is 15.2. The van der Waals surface area contributed by atoms with Gasteiger partial charge in [0.15, 0.2) is 0 Å². The fraction of sp³-hybridized carbons (Fsp3) is 0.409. The number of fused-ring (bicyclic) bond motifs is 1. The Kier molecular flexibility index (Phi) is 5.61. The number of aromatic nitrogens is 2. The monoisotopic (exact) mass is 412 g/mol. The standard InChI is InChI=1S/C22H25FN4OS/c1-4-18-24-15(3)19-14(2)20(29-21(19)25-18)22(28)27-11-9-26(10-12-27)13-16-7-5-6-8-17(16)23/h5-8H,4,9-13H2,1-3H3. The fourth-order valence-corrected chi connectivity index (χ4v) is 5.10. The van der Waals surface area contributed by atoms with Gasteiger partial charge in [-0.3, -0.25) is 9.69 Å². The minimum Gasteiger partial charge on any atom is -0.335 e. The summed E-state index contributed by atoms with van der Waals surface area (Å²) >= 11 is 1.47. The van der Waals surface area contributed by atoms with E-state index >= 15 is 0 Å². The summed E-state index contributed by atoms with van der Waals surface area (Å²) in [5.41, 5.74) is 2.62. The summed E-state index contributed by atoms with van der Waals surface area (Å²) < 4.78 is 13.9. The van der Waals surface area contributed by atoms with Crippen LogP contribution in [0, 0.1) is 19.7 Å². The third-order valence-electron chi connectivity index (χ3n) is 5.54. The SMILES string of the molecule is CCc1nc(C)c2c(C)c(C(=O)N3CCN(Cc4ccccc4F)CC3)sc2n1. The van der Waals surface area contributed by atoms with Crippen molar-refractivity contribution in [1.82, 2.24) is 19.8 Å². The number of carbonyl (C=O) groups is 1. The van der Waals surface area contributed by atoms with Gasteiger partial charge < -0.3 is 4.90 Å². The molecule has 0 aliphatic carbocycles. The minimum atomic E-state index is -0.171. The number of amides is 1. The van der Waals surface area contributed by atoms with Crippen LogP contribution in [0.4, 0.5) is 4.39 Å². The average Bonchev–Trinajstić information content (AvgIpc) is 3.06. The molecule has 0 radical (unpaired) electrons. The third-order valence-corrected chi connectivity index (χ3v) is 6.71. The second-order valence-corrected chi connectivity index (χ2v) is 8.47. The molecule has 3 aromatic rings.